The molecule has 2 saturated carbocycles. The zero-order chi connectivity index (χ0) is 36.2. The molecule has 12 heteroatoms. The van der Waals surface area contributed by atoms with Crippen LogP contribution < -0.4 is 25.4 Å². The Kier molecular flexibility index (Phi) is 14.5. The lowest BCUT2D eigenvalue weighted by atomic mass is 10.1. The van der Waals surface area contributed by atoms with Gasteiger partial charge in [0, 0.05) is 42.2 Å². The van der Waals surface area contributed by atoms with Gasteiger partial charge in [-0.3, -0.25) is 14.8 Å². The second kappa shape index (κ2) is 19.2. The molecule has 3 N–H and O–H groups in total. The number of hydrogen-bond donors (Lipinski definition) is 3. The summed E-state index contributed by atoms with van der Waals surface area (Å²) in [6.07, 6.45) is 16.1. The minimum atomic E-state index is -0.631. The molecular weight excluding hydrogens is 665 g/mol. The molecule has 1 saturated heterocycles. The highest BCUT2D eigenvalue weighted by Crippen LogP contribution is 2.32. The van der Waals surface area contributed by atoms with E-state index in [1.807, 2.05) is 49.4 Å². The quantitative estimate of drug-likeness (QED) is 0.0707. The van der Waals surface area contributed by atoms with Crippen molar-refractivity contribution in [1.29, 1.82) is 0 Å². The minimum Gasteiger partial charge on any atom is -0.497 e. The van der Waals surface area contributed by atoms with Gasteiger partial charge in [-0.05, 0) is 89.6 Å². The van der Waals surface area contributed by atoms with E-state index in [0.29, 0.717) is 55.9 Å². The molecule has 3 fully saturated rings. The fourth-order valence-electron chi connectivity index (χ4n) is 6.86. The average molecular weight is 721 g/mol. The third kappa shape index (κ3) is 11.6. The number of carbonyl (C=O) groups excluding carboxylic acids is 2. The van der Waals surface area contributed by atoms with Gasteiger partial charge >= 0.3 is 6.09 Å². The van der Waals surface area contributed by atoms with E-state index in [2.05, 4.69) is 34.7 Å². The summed E-state index contributed by atoms with van der Waals surface area (Å²) < 4.78 is 17.8. The summed E-state index contributed by atoms with van der Waals surface area (Å²) in [7, 11) is 3.65. The van der Waals surface area contributed by atoms with Crippen LogP contribution in [0.5, 0.6) is 11.5 Å². The van der Waals surface area contributed by atoms with Crippen LogP contribution in [0.15, 0.2) is 53.7 Å². The Morgan fingerprint density at radius 2 is 1.98 bits per heavy atom. The van der Waals surface area contributed by atoms with Crippen LogP contribution in [0.2, 0.25) is 0 Å². The molecule has 1 aromatic heterocycles. The van der Waals surface area contributed by atoms with Gasteiger partial charge in [-0.25, -0.2) is 4.79 Å². The number of amides is 2. The fraction of sp³-hybridized carbons (Fsp3) is 0.590. The first-order valence-electron chi connectivity index (χ1n) is 18.5. The highest BCUT2D eigenvalue weighted by atomic mass is 32.2. The smallest absolute Gasteiger partial charge is 0.408 e. The van der Waals surface area contributed by atoms with Crippen LogP contribution in [0.3, 0.4) is 0 Å². The number of nitrogens with one attached hydrogen (secondary N) is 3. The number of amidine groups is 1. The normalized spacial score (nSPS) is 21.2. The number of pyridine rings is 1. The summed E-state index contributed by atoms with van der Waals surface area (Å²) in [5.41, 5.74) is 2.31. The van der Waals surface area contributed by atoms with Gasteiger partial charge < -0.3 is 35.1 Å². The zero-order valence-corrected chi connectivity index (χ0v) is 31.6. The molecule has 1 aliphatic heterocycles. The SMILES string of the molecule is C=C(C)NC(=NCc1cc(OC2CCN(C(=O)C(CCCCC/C=C\[C@@H]3C[C@H]3NC)NC(=O)OC3CCCC3)C2)c2ccc(OC)cc2n1)SC. The van der Waals surface area contributed by atoms with Crippen molar-refractivity contribution in [3.05, 3.63) is 54.4 Å². The maximum atomic E-state index is 13.9. The Morgan fingerprint density at radius 1 is 1.16 bits per heavy atom. The van der Waals surface area contributed by atoms with Crippen LogP contribution in [0.1, 0.15) is 83.2 Å². The van der Waals surface area contributed by atoms with Crippen molar-refractivity contribution in [2.75, 3.05) is 33.5 Å². The lowest BCUT2D eigenvalue weighted by Gasteiger charge is -2.25. The molecule has 0 radical (unpaired) electrons. The van der Waals surface area contributed by atoms with E-state index in [-0.39, 0.29) is 18.1 Å². The lowest BCUT2D eigenvalue weighted by molar-refractivity contribution is -0.132. The Morgan fingerprint density at radius 3 is 2.71 bits per heavy atom. The van der Waals surface area contributed by atoms with E-state index < -0.39 is 12.1 Å². The number of allylic oxidation sites excluding steroid dienone is 2. The van der Waals surface area contributed by atoms with Crippen molar-refractivity contribution in [2.24, 2.45) is 10.9 Å². The number of ether oxygens (including phenoxy) is 3. The minimum absolute atomic E-state index is 0.0634. The van der Waals surface area contributed by atoms with Crippen LogP contribution >= 0.6 is 11.8 Å². The second-order valence-corrected chi connectivity index (χ2v) is 14.7. The van der Waals surface area contributed by atoms with Gasteiger partial charge in [0.1, 0.15) is 29.7 Å². The molecule has 1 aromatic carbocycles. The maximum Gasteiger partial charge on any atom is 0.408 e. The van der Waals surface area contributed by atoms with Crippen LogP contribution in [0.4, 0.5) is 4.79 Å². The van der Waals surface area contributed by atoms with Gasteiger partial charge in [0.05, 0.1) is 31.4 Å². The number of carbonyl (C=O) groups is 2. The molecule has 2 unspecified atom stereocenters. The van der Waals surface area contributed by atoms with Gasteiger partial charge in [-0.2, -0.15) is 0 Å². The van der Waals surface area contributed by atoms with E-state index in [9.17, 15) is 9.59 Å². The van der Waals surface area contributed by atoms with E-state index in [4.69, 9.17) is 24.2 Å². The number of hydrogen-bond acceptors (Lipinski definition) is 9. The third-order valence-electron chi connectivity index (χ3n) is 9.80. The van der Waals surface area contributed by atoms with Crippen molar-refractivity contribution in [3.63, 3.8) is 0 Å². The van der Waals surface area contributed by atoms with Gasteiger partial charge in [-0.15, -0.1) is 0 Å². The number of rotatable bonds is 17. The second-order valence-electron chi connectivity index (χ2n) is 13.9. The van der Waals surface area contributed by atoms with Crippen molar-refractivity contribution >= 4 is 39.8 Å². The lowest BCUT2D eigenvalue weighted by Crippen LogP contribution is -2.48. The molecule has 2 amide bonds. The van der Waals surface area contributed by atoms with Gasteiger partial charge in [0.15, 0.2) is 5.17 Å². The zero-order valence-electron chi connectivity index (χ0n) is 30.7. The first-order chi connectivity index (χ1) is 24.8. The standard InChI is InChI=1S/C39H56N6O5S/c1-26(2)42-38(51-5)41-24-28-22-36(32-18-17-30(48-4)23-35(32)43-28)49-31-19-20-45(25-31)37(46)33(44-39(47)50-29-14-11-12-15-29)16-10-8-6-7-9-13-27-21-34(27)40-3/h9,13,17-18,22-23,27,29,31,33-34,40H,1,6-8,10-12,14-16,19-21,24-25H2,2-5H3,(H,41,42)(H,44,47)/b13-9-/t27-,31?,33?,34-/m1/s1. The molecule has 2 aliphatic carbocycles. The first kappa shape index (κ1) is 38.5. The maximum absolute atomic E-state index is 13.9. The van der Waals surface area contributed by atoms with Crippen molar-refractivity contribution in [3.8, 4) is 11.5 Å². The number of benzene rings is 1. The highest BCUT2D eigenvalue weighted by molar-refractivity contribution is 8.13. The number of methoxy groups -OCH3 is 1. The van der Waals surface area contributed by atoms with Gasteiger partial charge in [0.2, 0.25) is 5.91 Å². The Labute approximate surface area is 307 Å². The largest absolute Gasteiger partial charge is 0.497 e. The topological polar surface area (TPSA) is 126 Å². The number of thioether (sulfide) groups is 1. The molecule has 11 nitrogen and oxygen atoms in total. The first-order valence-corrected chi connectivity index (χ1v) is 19.7. The molecule has 278 valence electrons. The van der Waals surface area contributed by atoms with Crippen LogP contribution in [0.25, 0.3) is 10.9 Å². The molecule has 5 rings (SSSR count). The Bertz CT molecular complexity index is 1560. The molecule has 2 aromatic rings. The number of fused-ring (bicyclic) bond motifs is 1. The summed E-state index contributed by atoms with van der Waals surface area (Å²) in [5, 5.41) is 11.1. The van der Waals surface area contributed by atoms with Crippen molar-refractivity contribution < 1.29 is 23.8 Å². The number of alkyl carbamates (subject to hydrolysis) is 1. The number of unbranched alkanes of at least 4 members (excludes halogenated alkanes) is 3. The predicted octanol–water partition coefficient (Wildman–Crippen LogP) is 6.72. The third-order valence-corrected chi connectivity index (χ3v) is 10.4. The summed E-state index contributed by atoms with van der Waals surface area (Å²) in [5.74, 6) is 1.98. The number of aliphatic imine (C=N–C) groups is 1. The van der Waals surface area contributed by atoms with E-state index in [1.165, 1.54) is 18.2 Å². The summed E-state index contributed by atoms with van der Waals surface area (Å²) >= 11 is 1.51. The Hall–Kier alpha value is -3.77. The van der Waals surface area contributed by atoms with Crippen LogP contribution in [-0.2, 0) is 16.1 Å². The van der Waals surface area contributed by atoms with E-state index in [1.54, 1.807) is 7.11 Å². The van der Waals surface area contributed by atoms with Gasteiger partial charge in [0.25, 0.3) is 0 Å². The molecular formula is C39H56N6O5S. The Balaban J connectivity index is 1.22. The van der Waals surface area contributed by atoms with E-state index >= 15 is 0 Å². The molecule has 0 bridgehead atoms. The van der Waals surface area contributed by atoms with Crippen LogP contribution in [0, 0.1) is 5.92 Å². The number of aromatic nitrogens is 1. The molecule has 51 heavy (non-hydrogen) atoms. The fourth-order valence-corrected chi connectivity index (χ4v) is 7.33. The summed E-state index contributed by atoms with van der Waals surface area (Å²) in [6, 6.07) is 7.68. The number of likely N-dealkylation sites (tertiary alicyclic amines) is 1. The average Bonchev–Trinajstić information content (AvgIpc) is 3.42. The number of nitrogens with zero attached hydrogens (tertiary/aromatic N) is 3. The summed E-state index contributed by atoms with van der Waals surface area (Å²) in [6.45, 7) is 7.15. The van der Waals surface area contributed by atoms with Crippen molar-refractivity contribution in [2.45, 2.75) is 108 Å². The summed E-state index contributed by atoms with van der Waals surface area (Å²) in [4.78, 5) is 38.2. The molecule has 3 aliphatic rings. The van der Waals surface area contributed by atoms with Crippen molar-refractivity contribution in [1.82, 2.24) is 25.8 Å². The van der Waals surface area contributed by atoms with E-state index in [0.717, 1.165) is 78.8 Å². The van der Waals surface area contributed by atoms with Crippen LogP contribution in [-0.4, -0.2) is 84.8 Å². The molecule has 2 heterocycles. The predicted molar refractivity (Wildman–Crippen MR) is 205 cm³/mol. The van der Waals surface area contributed by atoms with Gasteiger partial charge in [-0.1, -0.05) is 43.3 Å². The monoisotopic (exact) mass is 720 g/mol. The molecule has 4 atom stereocenters. The molecule has 0 spiro atoms. The highest BCUT2D eigenvalue weighted by Gasteiger charge is 2.34.